The minimum atomic E-state index is 0.134. The van der Waals surface area contributed by atoms with E-state index in [0.29, 0.717) is 17.8 Å². The molecule has 0 saturated carbocycles. The number of nitrogens with one attached hydrogen (secondary N) is 2. The Labute approximate surface area is 197 Å². The summed E-state index contributed by atoms with van der Waals surface area (Å²) in [4.78, 5) is 29.2. The molecule has 0 spiro atoms. The van der Waals surface area contributed by atoms with Crippen molar-refractivity contribution in [3.63, 3.8) is 0 Å². The van der Waals surface area contributed by atoms with Crippen LogP contribution in [-0.4, -0.2) is 58.2 Å². The number of piperidine rings is 1. The molecule has 0 bridgehead atoms. The van der Waals surface area contributed by atoms with E-state index in [2.05, 4.69) is 39.4 Å². The first-order valence-corrected chi connectivity index (χ1v) is 13.1. The van der Waals surface area contributed by atoms with E-state index < -0.39 is 0 Å². The van der Waals surface area contributed by atoms with Gasteiger partial charge in [-0.1, -0.05) is 25.2 Å². The van der Waals surface area contributed by atoms with E-state index in [1.807, 2.05) is 41.7 Å². The summed E-state index contributed by atoms with van der Waals surface area (Å²) in [5, 5.41) is 7.59. The van der Waals surface area contributed by atoms with E-state index in [9.17, 15) is 4.79 Å². The van der Waals surface area contributed by atoms with Crippen LogP contribution in [0.1, 0.15) is 37.0 Å². The van der Waals surface area contributed by atoms with Crippen molar-refractivity contribution in [1.29, 1.82) is 0 Å². The van der Waals surface area contributed by atoms with E-state index in [0.717, 1.165) is 64.8 Å². The van der Waals surface area contributed by atoms with Crippen LogP contribution in [0.3, 0.4) is 0 Å². The van der Waals surface area contributed by atoms with Crippen molar-refractivity contribution in [2.45, 2.75) is 31.6 Å². The zero-order valence-electron chi connectivity index (χ0n) is 18.8. The third kappa shape index (κ3) is 5.69. The van der Waals surface area contributed by atoms with Crippen molar-refractivity contribution >= 4 is 50.3 Å². The zero-order valence-corrected chi connectivity index (χ0v) is 20.4. The monoisotopic (exact) mass is 470 g/mol. The van der Waals surface area contributed by atoms with Crippen molar-refractivity contribution in [3.05, 3.63) is 36.2 Å². The highest BCUT2D eigenvalue weighted by atomic mass is 32.2. The molecule has 1 fully saturated rings. The quantitative estimate of drug-likeness (QED) is 0.456. The maximum atomic E-state index is 12.9. The van der Waals surface area contributed by atoms with Crippen molar-refractivity contribution in [3.8, 4) is 0 Å². The van der Waals surface area contributed by atoms with Gasteiger partial charge in [0.15, 0.2) is 5.13 Å². The number of benzene rings is 1. The average Bonchev–Trinajstić information content (AvgIpc) is 3.24. The molecule has 3 heterocycles. The topological polar surface area (TPSA) is 83.0 Å². The Morgan fingerprint density at radius 3 is 2.66 bits per heavy atom. The molecule has 1 atom stereocenters. The van der Waals surface area contributed by atoms with Crippen LogP contribution in [-0.2, 0) is 0 Å². The summed E-state index contributed by atoms with van der Waals surface area (Å²) in [6.07, 6.45) is 7.84. The second kappa shape index (κ2) is 10.5. The van der Waals surface area contributed by atoms with Crippen LogP contribution in [0.15, 0.2) is 35.5 Å². The lowest BCUT2D eigenvalue weighted by atomic mass is 9.98. The van der Waals surface area contributed by atoms with Crippen molar-refractivity contribution in [2.75, 3.05) is 43.1 Å². The molecule has 3 aromatic rings. The maximum absolute atomic E-state index is 12.9. The molecule has 2 N–H and O–H groups in total. The number of anilines is 2. The summed E-state index contributed by atoms with van der Waals surface area (Å²) in [6, 6.07) is 5.84. The Balaban J connectivity index is 1.31. The molecule has 4 rings (SSSR count). The fourth-order valence-electron chi connectivity index (χ4n) is 3.64. The number of carbonyl (C=O) groups is 1. The van der Waals surface area contributed by atoms with Gasteiger partial charge in [-0.2, -0.15) is 0 Å². The van der Waals surface area contributed by atoms with Gasteiger partial charge in [0.25, 0.3) is 5.91 Å². The van der Waals surface area contributed by atoms with Gasteiger partial charge in [-0.15, -0.1) is 11.8 Å². The van der Waals surface area contributed by atoms with Crippen molar-refractivity contribution in [2.24, 2.45) is 11.8 Å². The number of fused-ring (bicyclic) bond motifs is 1. The number of aromatic nitrogens is 3. The highest BCUT2D eigenvalue weighted by Gasteiger charge is 2.22. The number of rotatable bonds is 8. The molecular formula is C23H30N6OS2. The molecule has 1 aliphatic heterocycles. The summed E-state index contributed by atoms with van der Waals surface area (Å²) >= 11 is 3.23. The normalized spacial score (nSPS) is 15.7. The van der Waals surface area contributed by atoms with Gasteiger partial charge in [0.2, 0.25) is 5.95 Å². The Bertz CT molecular complexity index is 1050. The number of hydrogen-bond acceptors (Lipinski definition) is 8. The Kier molecular flexibility index (Phi) is 7.47. The van der Waals surface area contributed by atoms with Crippen LogP contribution in [0.4, 0.5) is 11.1 Å². The lowest BCUT2D eigenvalue weighted by molar-refractivity contribution is 0.0697. The molecule has 1 amide bonds. The Hall–Kier alpha value is -2.39. The smallest absolute Gasteiger partial charge is 0.253 e. The van der Waals surface area contributed by atoms with Gasteiger partial charge in [0, 0.05) is 49.0 Å². The van der Waals surface area contributed by atoms with E-state index >= 15 is 0 Å². The highest BCUT2D eigenvalue weighted by molar-refractivity contribution is 7.98. The minimum absolute atomic E-state index is 0.134. The molecule has 1 saturated heterocycles. The molecule has 0 unspecified atom stereocenters. The third-order valence-electron chi connectivity index (χ3n) is 5.78. The van der Waals surface area contributed by atoms with E-state index in [1.165, 1.54) is 0 Å². The lowest BCUT2D eigenvalue weighted by Crippen LogP contribution is -2.37. The number of thioether (sulfide) groups is 1. The molecule has 7 nitrogen and oxygen atoms in total. The van der Waals surface area contributed by atoms with E-state index in [-0.39, 0.29) is 5.91 Å². The van der Waals surface area contributed by atoms with Gasteiger partial charge < -0.3 is 15.5 Å². The molecule has 9 heteroatoms. The zero-order chi connectivity index (χ0) is 22.5. The van der Waals surface area contributed by atoms with Gasteiger partial charge in [-0.3, -0.25) is 4.79 Å². The maximum Gasteiger partial charge on any atom is 0.253 e. The van der Waals surface area contributed by atoms with Gasteiger partial charge in [0.05, 0.1) is 10.2 Å². The molecule has 0 radical (unpaired) electrons. The number of thiazole rings is 1. The average molecular weight is 471 g/mol. The molecule has 170 valence electrons. The predicted octanol–water partition coefficient (Wildman–Crippen LogP) is 4.84. The van der Waals surface area contributed by atoms with Gasteiger partial charge in [0.1, 0.15) is 0 Å². The number of amides is 1. The van der Waals surface area contributed by atoms with Gasteiger partial charge in [-0.25, -0.2) is 15.0 Å². The SMILES string of the molecule is CSc1cnc(NC[C@H](C)CNc2nc3ccc(C(=O)N4CCC(C)CC4)cc3s2)nc1. The summed E-state index contributed by atoms with van der Waals surface area (Å²) in [5.41, 5.74) is 1.68. The van der Waals surface area contributed by atoms with Crippen LogP contribution in [0.2, 0.25) is 0 Å². The predicted molar refractivity (Wildman–Crippen MR) is 134 cm³/mol. The van der Waals surface area contributed by atoms with Crippen molar-refractivity contribution in [1.82, 2.24) is 19.9 Å². The summed E-state index contributed by atoms with van der Waals surface area (Å²) in [6.45, 7) is 7.68. The standard InChI is InChI=1S/C23H30N6OS2/c1-15-6-8-29(9-7-15)21(30)17-4-5-19-20(10-17)32-23(28-19)27-12-16(2)11-24-22-25-13-18(31-3)14-26-22/h4-5,10,13-16H,6-9,11-12H2,1-3H3,(H,27,28)(H,24,25,26)/t16-/m0/s1. The van der Waals surface area contributed by atoms with E-state index in [4.69, 9.17) is 0 Å². The molecule has 0 aliphatic carbocycles. The lowest BCUT2D eigenvalue weighted by Gasteiger charge is -2.30. The molecule has 1 aromatic carbocycles. The summed E-state index contributed by atoms with van der Waals surface area (Å²) in [7, 11) is 0. The van der Waals surface area contributed by atoms with Gasteiger partial charge >= 0.3 is 0 Å². The van der Waals surface area contributed by atoms with Crippen LogP contribution in [0, 0.1) is 11.8 Å². The minimum Gasteiger partial charge on any atom is -0.361 e. The Morgan fingerprint density at radius 2 is 1.94 bits per heavy atom. The number of nitrogens with zero attached hydrogens (tertiary/aromatic N) is 4. The fourth-order valence-corrected chi connectivity index (χ4v) is 4.87. The third-order valence-corrected chi connectivity index (χ3v) is 7.44. The second-order valence-corrected chi connectivity index (χ2v) is 10.4. The molecular weight excluding hydrogens is 440 g/mol. The van der Waals surface area contributed by atoms with Crippen molar-refractivity contribution < 1.29 is 4.79 Å². The van der Waals surface area contributed by atoms with Crippen LogP contribution in [0.25, 0.3) is 10.2 Å². The summed E-state index contributed by atoms with van der Waals surface area (Å²) in [5.74, 6) is 1.86. The van der Waals surface area contributed by atoms with Crippen LogP contribution < -0.4 is 10.6 Å². The number of likely N-dealkylation sites (tertiary alicyclic amines) is 1. The Morgan fingerprint density at radius 1 is 1.22 bits per heavy atom. The fraction of sp³-hybridized carbons (Fsp3) is 0.478. The van der Waals surface area contributed by atoms with Crippen LogP contribution in [0.5, 0.6) is 0 Å². The first-order chi connectivity index (χ1) is 15.5. The van der Waals surface area contributed by atoms with E-state index in [1.54, 1.807) is 23.1 Å². The first-order valence-electron chi connectivity index (χ1n) is 11.1. The summed E-state index contributed by atoms with van der Waals surface area (Å²) < 4.78 is 1.04. The largest absolute Gasteiger partial charge is 0.361 e. The second-order valence-electron chi connectivity index (χ2n) is 8.49. The highest BCUT2D eigenvalue weighted by Crippen LogP contribution is 2.28. The first kappa shape index (κ1) is 22.8. The molecule has 1 aliphatic rings. The van der Waals surface area contributed by atoms with Gasteiger partial charge in [-0.05, 0) is 49.1 Å². The molecule has 2 aromatic heterocycles. The molecule has 32 heavy (non-hydrogen) atoms. The van der Waals surface area contributed by atoms with Crippen LogP contribution >= 0.6 is 23.1 Å². The number of carbonyl (C=O) groups excluding carboxylic acids is 1. The number of hydrogen-bond donors (Lipinski definition) is 2.